The van der Waals surface area contributed by atoms with Crippen LogP contribution in [0.5, 0.6) is 0 Å². The molecule has 0 aliphatic carbocycles. The summed E-state index contributed by atoms with van der Waals surface area (Å²) in [7, 11) is 0. The second-order valence-corrected chi connectivity index (χ2v) is 8.97. The van der Waals surface area contributed by atoms with Gasteiger partial charge < -0.3 is 25.5 Å². The number of aliphatic carboxylic acids is 1. The molecule has 33 heavy (non-hydrogen) atoms. The molecule has 2 aliphatic rings. The van der Waals surface area contributed by atoms with Crippen molar-refractivity contribution in [1.82, 2.24) is 15.1 Å². The molecule has 0 saturated carbocycles. The summed E-state index contributed by atoms with van der Waals surface area (Å²) < 4.78 is 0. The fraction of sp³-hybridized carbons (Fsp3) is 0.375. The van der Waals surface area contributed by atoms with Crippen molar-refractivity contribution in [2.45, 2.75) is 44.8 Å². The minimum Gasteiger partial charge on any atom is -0.480 e. The van der Waals surface area contributed by atoms with E-state index in [9.17, 15) is 19.5 Å². The van der Waals surface area contributed by atoms with E-state index in [-0.39, 0.29) is 18.5 Å². The van der Waals surface area contributed by atoms with Gasteiger partial charge in [0.25, 0.3) is 0 Å². The number of carbonyl (C=O) groups excluding carboxylic acids is 2. The van der Waals surface area contributed by atoms with Crippen LogP contribution in [0.4, 0.5) is 15.3 Å². The minimum atomic E-state index is -1.09. The number of benzene rings is 2. The van der Waals surface area contributed by atoms with Crippen molar-refractivity contribution < 1.29 is 19.5 Å². The van der Waals surface area contributed by atoms with Crippen molar-refractivity contribution in [2.24, 2.45) is 0 Å². The van der Waals surface area contributed by atoms with Crippen LogP contribution in [0.2, 0.25) is 5.02 Å². The van der Waals surface area contributed by atoms with Crippen LogP contribution in [0.25, 0.3) is 0 Å². The number of para-hydroxylation sites is 1. The van der Waals surface area contributed by atoms with Gasteiger partial charge in [-0.25, -0.2) is 14.4 Å². The van der Waals surface area contributed by atoms with Gasteiger partial charge >= 0.3 is 18.0 Å². The Hall–Kier alpha value is -3.26. The summed E-state index contributed by atoms with van der Waals surface area (Å²) in [5, 5.41) is 15.8. The maximum atomic E-state index is 12.8. The average Bonchev–Trinajstić information content (AvgIpc) is 2.80. The van der Waals surface area contributed by atoms with Crippen molar-refractivity contribution in [1.29, 1.82) is 0 Å². The number of anilines is 1. The Labute approximate surface area is 197 Å². The average molecular weight is 471 g/mol. The van der Waals surface area contributed by atoms with Crippen LogP contribution < -0.4 is 10.6 Å². The third-order valence-corrected chi connectivity index (χ3v) is 6.74. The molecule has 174 valence electrons. The number of halogens is 1. The lowest BCUT2D eigenvalue weighted by molar-refractivity contribution is -0.139. The number of carboxylic acid groups (broad SMARTS) is 1. The predicted octanol–water partition coefficient (Wildman–Crippen LogP) is 3.87. The highest BCUT2D eigenvalue weighted by atomic mass is 35.5. The molecule has 3 N–H and O–H groups in total. The molecule has 2 aliphatic heterocycles. The van der Waals surface area contributed by atoms with Crippen LogP contribution >= 0.6 is 11.6 Å². The van der Waals surface area contributed by atoms with E-state index < -0.39 is 18.0 Å². The molecule has 9 heteroatoms. The Morgan fingerprint density at radius 2 is 1.94 bits per heavy atom. The molecule has 0 radical (unpaired) electrons. The number of fused-ring (bicyclic) bond motifs is 1. The first-order valence-corrected chi connectivity index (χ1v) is 11.4. The summed E-state index contributed by atoms with van der Waals surface area (Å²) in [6.45, 7) is 3.30. The molecule has 0 aromatic heterocycles. The molecule has 4 rings (SSSR count). The summed E-state index contributed by atoms with van der Waals surface area (Å²) in [4.78, 5) is 40.5. The number of piperidine rings is 1. The number of aryl methyl sites for hydroxylation is 1. The largest absolute Gasteiger partial charge is 0.480 e. The summed E-state index contributed by atoms with van der Waals surface area (Å²) >= 11 is 6.05. The quantitative estimate of drug-likeness (QED) is 0.617. The number of amides is 4. The lowest BCUT2D eigenvalue weighted by Gasteiger charge is -2.40. The number of nitrogens with one attached hydrogen (secondary N) is 2. The SMILES string of the molecule is Cc1cc(CC(NC(=O)N2CCC(N3Cc4ccccc4NC3=O)CC2)C(=O)O)ccc1Cl. The van der Waals surface area contributed by atoms with Crippen LogP contribution in [-0.4, -0.2) is 58.1 Å². The van der Waals surface area contributed by atoms with Crippen molar-refractivity contribution in [3.8, 4) is 0 Å². The van der Waals surface area contributed by atoms with Crippen LogP contribution in [-0.2, 0) is 17.8 Å². The zero-order valence-electron chi connectivity index (χ0n) is 18.4. The van der Waals surface area contributed by atoms with Gasteiger partial charge in [0.2, 0.25) is 0 Å². The third-order valence-electron chi connectivity index (χ3n) is 6.31. The summed E-state index contributed by atoms with van der Waals surface area (Å²) in [6.07, 6.45) is 1.44. The van der Waals surface area contributed by atoms with E-state index in [1.165, 1.54) is 0 Å². The zero-order valence-corrected chi connectivity index (χ0v) is 19.1. The fourth-order valence-corrected chi connectivity index (χ4v) is 4.53. The van der Waals surface area contributed by atoms with Crippen LogP contribution in [0.3, 0.4) is 0 Å². The lowest BCUT2D eigenvalue weighted by atomic mass is 10.0. The Bertz CT molecular complexity index is 1070. The van der Waals surface area contributed by atoms with Gasteiger partial charge in [0, 0.05) is 42.8 Å². The molecule has 2 heterocycles. The monoisotopic (exact) mass is 470 g/mol. The van der Waals surface area contributed by atoms with Crippen LogP contribution in [0.1, 0.15) is 29.5 Å². The van der Waals surface area contributed by atoms with Gasteiger partial charge in [0.15, 0.2) is 0 Å². The highest BCUT2D eigenvalue weighted by Crippen LogP contribution is 2.27. The van der Waals surface area contributed by atoms with Gasteiger partial charge in [0.05, 0.1) is 0 Å². The molecule has 1 fully saturated rings. The number of likely N-dealkylation sites (tertiary alicyclic amines) is 1. The van der Waals surface area contributed by atoms with E-state index >= 15 is 0 Å². The van der Waals surface area contributed by atoms with E-state index in [0.717, 1.165) is 22.4 Å². The van der Waals surface area contributed by atoms with Gasteiger partial charge in [0.1, 0.15) is 6.04 Å². The zero-order chi connectivity index (χ0) is 23.5. The molecule has 1 saturated heterocycles. The van der Waals surface area contributed by atoms with E-state index in [0.29, 0.717) is 37.5 Å². The molecule has 4 amide bonds. The van der Waals surface area contributed by atoms with Crippen molar-refractivity contribution in [3.63, 3.8) is 0 Å². The highest BCUT2D eigenvalue weighted by Gasteiger charge is 2.33. The van der Waals surface area contributed by atoms with E-state index in [1.807, 2.05) is 42.2 Å². The maximum Gasteiger partial charge on any atom is 0.326 e. The lowest BCUT2D eigenvalue weighted by Crippen LogP contribution is -2.54. The smallest absolute Gasteiger partial charge is 0.326 e. The first-order valence-electron chi connectivity index (χ1n) is 11.0. The normalized spacial score (nSPS) is 17.2. The Morgan fingerprint density at radius 3 is 2.64 bits per heavy atom. The predicted molar refractivity (Wildman–Crippen MR) is 125 cm³/mol. The van der Waals surface area contributed by atoms with E-state index in [2.05, 4.69) is 10.6 Å². The van der Waals surface area contributed by atoms with E-state index in [4.69, 9.17) is 11.6 Å². The number of rotatable bonds is 5. The molecule has 0 spiro atoms. The molecule has 8 nitrogen and oxygen atoms in total. The minimum absolute atomic E-state index is 0.0229. The van der Waals surface area contributed by atoms with Gasteiger partial charge in [-0.3, -0.25) is 0 Å². The Morgan fingerprint density at radius 1 is 1.21 bits per heavy atom. The highest BCUT2D eigenvalue weighted by molar-refractivity contribution is 6.31. The van der Waals surface area contributed by atoms with Crippen LogP contribution in [0, 0.1) is 6.92 Å². The molecular formula is C24H27ClN4O4. The van der Waals surface area contributed by atoms with Gasteiger partial charge in [-0.2, -0.15) is 0 Å². The third kappa shape index (κ3) is 5.22. The Kier molecular flexibility index (Phi) is 6.74. The fourth-order valence-electron chi connectivity index (χ4n) is 4.41. The number of hydrogen-bond donors (Lipinski definition) is 3. The first-order chi connectivity index (χ1) is 15.8. The summed E-state index contributed by atoms with van der Waals surface area (Å²) in [5.41, 5.74) is 3.56. The maximum absolute atomic E-state index is 12.8. The van der Waals surface area contributed by atoms with Gasteiger partial charge in [-0.15, -0.1) is 0 Å². The van der Waals surface area contributed by atoms with Gasteiger partial charge in [-0.1, -0.05) is 41.9 Å². The first kappa shape index (κ1) is 22.9. The molecule has 1 atom stereocenters. The van der Waals surface area contributed by atoms with Crippen LogP contribution in [0.15, 0.2) is 42.5 Å². The molecule has 0 bridgehead atoms. The molecular weight excluding hydrogens is 444 g/mol. The number of hydrogen-bond acceptors (Lipinski definition) is 3. The van der Waals surface area contributed by atoms with Crippen molar-refractivity contribution in [2.75, 3.05) is 18.4 Å². The molecule has 2 aromatic rings. The van der Waals surface area contributed by atoms with E-state index in [1.54, 1.807) is 17.0 Å². The van der Waals surface area contributed by atoms with Gasteiger partial charge in [-0.05, 0) is 48.6 Å². The molecule has 1 unspecified atom stereocenters. The molecule has 2 aromatic carbocycles. The summed E-state index contributed by atoms with van der Waals surface area (Å²) in [5.74, 6) is -1.09. The van der Waals surface area contributed by atoms with Crippen molar-refractivity contribution >= 4 is 35.3 Å². The number of urea groups is 2. The number of carbonyl (C=O) groups is 3. The topological polar surface area (TPSA) is 102 Å². The van der Waals surface area contributed by atoms with Crippen molar-refractivity contribution in [3.05, 3.63) is 64.2 Å². The standard InChI is InChI=1S/C24H27ClN4O4/c1-15-12-16(6-7-19(15)25)13-21(22(30)31)27-23(32)28-10-8-18(9-11-28)29-14-17-4-2-3-5-20(17)26-24(29)33/h2-7,12,18,21H,8-11,13-14H2,1H3,(H,26,33)(H,27,32)(H,30,31). The number of nitrogens with zero attached hydrogens (tertiary/aromatic N) is 2. The second kappa shape index (κ2) is 9.70. The second-order valence-electron chi connectivity index (χ2n) is 8.56. The number of carboxylic acids is 1. The summed E-state index contributed by atoms with van der Waals surface area (Å²) in [6, 6.07) is 11.5. The Balaban J connectivity index is 1.33.